The molecule has 0 aliphatic carbocycles. The van der Waals surface area contributed by atoms with E-state index in [2.05, 4.69) is 30.5 Å². The molecule has 0 atom stereocenters. The summed E-state index contributed by atoms with van der Waals surface area (Å²) in [5.74, 6) is -0.977. The van der Waals surface area contributed by atoms with Crippen LogP contribution in [0.1, 0.15) is 40.0 Å². The van der Waals surface area contributed by atoms with Crippen molar-refractivity contribution in [3.63, 3.8) is 0 Å². The second kappa shape index (κ2) is 11.9. The lowest BCUT2D eigenvalue weighted by atomic mass is 9.97. The van der Waals surface area contributed by atoms with Gasteiger partial charge in [-0.3, -0.25) is 19.9 Å². The minimum atomic E-state index is -1.06. The number of pyridine rings is 1. The molecule has 2 aliphatic rings. The Morgan fingerprint density at radius 3 is 2.75 bits per heavy atom. The number of carbonyl (C=O) groups excluding carboxylic acids is 2. The van der Waals surface area contributed by atoms with Crippen molar-refractivity contribution in [1.29, 1.82) is 0 Å². The zero-order valence-corrected chi connectivity index (χ0v) is 22.5. The van der Waals surface area contributed by atoms with Gasteiger partial charge in [0, 0.05) is 37.0 Å². The molecule has 2 fully saturated rings. The topological polar surface area (TPSA) is 137 Å². The number of carboxylic acids is 1. The fourth-order valence-electron chi connectivity index (χ4n) is 4.72. The maximum Gasteiger partial charge on any atom is 0.336 e. The average molecular weight is 563 g/mol. The molecule has 206 valence electrons. The molecule has 2 saturated heterocycles. The number of aromatic carboxylic acids is 1. The summed E-state index contributed by atoms with van der Waals surface area (Å²) in [6.07, 6.45) is 6.14. The Hall–Kier alpha value is -4.16. The number of carboxylic acid groups (broad SMARTS) is 1. The van der Waals surface area contributed by atoms with Gasteiger partial charge in [0.1, 0.15) is 5.82 Å². The predicted molar refractivity (Wildman–Crippen MR) is 149 cm³/mol. The highest BCUT2D eigenvalue weighted by atomic mass is 32.2. The van der Waals surface area contributed by atoms with Gasteiger partial charge in [-0.05, 0) is 74.3 Å². The van der Waals surface area contributed by atoms with Crippen molar-refractivity contribution in [3.05, 3.63) is 75.8 Å². The standard InChI is InChI=1S/C28H27FN6O4S/c1-16-2-3-20(26(37)38)21(10-16)23-11-18(22(29)15-32-23)14-30-13-17-5-8-35(9-6-17)27-31-7-4-19(33-27)12-24-25(36)34-28(39)40-24/h2-4,7,10-12,15,17,30H,5-6,8-9,13-14H2,1H3,(H,37,38)(H,34,36,39)/b24-12+. The Kier molecular flexibility index (Phi) is 8.17. The lowest BCUT2D eigenvalue weighted by Gasteiger charge is -2.32. The lowest BCUT2D eigenvalue weighted by Crippen LogP contribution is -2.38. The minimum Gasteiger partial charge on any atom is -0.478 e. The highest BCUT2D eigenvalue weighted by molar-refractivity contribution is 8.18. The Morgan fingerprint density at radius 1 is 1.23 bits per heavy atom. The number of amides is 2. The van der Waals surface area contributed by atoms with E-state index in [4.69, 9.17) is 0 Å². The van der Waals surface area contributed by atoms with Crippen molar-refractivity contribution in [2.24, 2.45) is 5.92 Å². The largest absolute Gasteiger partial charge is 0.478 e. The van der Waals surface area contributed by atoms with Crippen molar-refractivity contribution < 1.29 is 23.9 Å². The molecular formula is C28H27FN6O4S. The Labute approximate surface area is 234 Å². The Morgan fingerprint density at radius 2 is 2.02 bits per heavy atom. The van der Waals surface area contributed by atoms with Crippen molar-refractivity contribution in [1.82, 2.24) is 25.6 Å². The van der Waals surface area contributed by atoms with Crippen molar-refractivity contribution in [2.75, 3.05) is 24.5 Å². The molecule has 0 bridgehead atoms. The van der Waals surface area contributed by atoms with Crippen LogP contribution in [-0.4, -0.2) is 56.8 Å². The van der Waals surface area contributed by atoms with Crippen LogP contribution in [0.25, 0.3) is 17.3 Å². The molecule has 2 aliphatic heterocycles. The summed E-state index contributed by atoms with van der Waals surface area (Å²) in [5, 5.41) is 14.7. The molecule has 2 aromatic heterocycles. The second-order valence-electron chi connectivity index (χ2n) is 9.71. The number of anilines is 1. The molecule has 10 nitrogen and oxygen atoms in total. The summed E-state index contributed by atoms with van der Waals surface area (Å²) in [7, 11) is 0. The van der Waals surface area contributed by atoms with E-state index in [1.807, 2.05) is 6.92 Å². The van der Waals surface area contributed by atoms with Gasteiger partial charge in [-0.25, -0.2) is 19.2 Å². The molecule has 3 aromatic rings. The normalized spacial score (nSPS) is 16.9. The maximum atomic E-state index is 14.5. The number of thioether (sulfide) groups is 1. The molecule has 0 spiro atoms. The smallest absolute Gasteiger partial charge is 0.336 e. The number of hydrogen-bond donors (Lipinski definition) is 3. The fraction of sp³-hybridized carbons (Fsp3) is 0.286. The number of aryl methyl sites for hydroxylation is 1. The van der Waals surface area contributed by atoms with E-state index in [1.54, 1.807) is 36.5 Å². The van der Waals surface area contributed by atoms with Crippen LogP contribution >= 0.6 is 11.8 Å². The molecule has 0 unspecified atom stereocenters. The van der Waals surface area contributed by atoms with Gasteiger partial charge >= 0.3 is 5.97 Å². The van der Waals surface area contributed by atoms with E-state index in [0.717, 1.165) is 49.5 Å². The van der Waals surface area contributed by atoms with E-state index < -0.39 is 22.9 Å². The molecule has 4 heterocycles. The van der Waals surface area contributed by atoms with Gasteiger partial charge in [-0.15, -0.1) is 0 Å². The van der Waals surface area contributed by atoms with Crippen molar-refractivity contribution in [2.45, 2.75) is 26.3 Å². The van der Waals surface area contributed by atoms with E-state index in [9.17, 15) is 23.9 Å². The molecule has 1 aromatic carbocycles. The maximum absolute atomic E-state index is 14.5. The highest BCUT2D eigenvalue weighted by Crippen LogP contribution is 2.27. The number of imide groups is 1. The van der Waals surface area contributed by atoms with Gasteiger partial charge in [0.15, 0.2) is 0 Å². The summed E-state index contributed by atoms with van der Waals surface area (Å²) < 4.78 is 14.5. The Bertz CT molecular complexity index is 1510. The monoisotopic (exact) mass is 562 g/mol. The highest BCUT2D eigenvalue weighted by Gasteiger charge is 2.26. The predicted octanol–water partition coefficient (Wildman–Crippen LogP) is 4.01. The first-order valence-electron chi connectivity index (χ1n) is 12.8. The number of benzene rings is 1. The quantitative estimate of drug-likeness (QED) is 0.345. The zero-order valence-electron chi connectivity index (χ0n) is 21.7. The van der Waals surface area contributed by atoms with Crippen LogP contribution in [-0.2, 0) is 11.3 Å². The number of piperidine rings is 1. The molecule has 5 rings (SSSR count). The number of hydrogen-bond acceptors (Lipinski definition) is 9. The molecular weight excluding hydrogens is 535 g/mol. The lowest BCUT2D eigenvalue weighted by molar-refractivity contribution is -0.115. The van der Waals surface area contributed by atoms with Gasteiger partial charge in [0.2, 0.25) is 5.95 Å². The first-order chi connectivity index (χ1) is 19.3. The average Bonchev–Trinajstić information content (AvgIpc) is 3.26. The van der Waals surface area contributed by atoms with E-state index in [-0.39, 0.29) is 5.56 Å². The van der Waals surface area contributed by atoms with E-state index >= 15 is 0 Å². The van der Waals surface area contributed by atoms with E-state index in [0.29, 0.717) is 52.4 Å². The van der Waals surface area contributed by atoms with Crippen LogP contribution in [0.15, 0.2) is 47.6 Å². The van der Waals surface area contributed by atoms with Crippen LogP contribution < -0.4 is 15.5 Å². The number of halogens is 1. The van der Waals surface area contributed by atoms with Crippen LogP contribution in [0.3, 0.4) is 0 Å². The minimum absolute atomic E-state index is 0.125. The number of aromatic nitrogens is 3. The molecule has 0 radical (unpaired) electrons. The third-order valence-electron chi connectivity index (χ3n) is 6.85. The SMILES string of the molecule is Cc1ccc(C(=O)O)c(-c2cc(CNCC3CCN(c4nccc(/C=C5/SC(=O)NC5=O)n4)CC3)c(F)cn2)c1. The van der Waals surface area contributed by atoms with Crippen LogP contribution in [0, 0.1) is 18.7 Å². The molecule has 2 amide bonds. The third-order valence-corrected chi connectivity index (χ3v) is 7.66. The van der Waals surface area contributed by atoms with Crippen LogP contribution in [0.4, 0.5) is 15.1 Å². The van der Waals surface area contributed by atoms with Gasteiger partial charge in [0.25, 0.3) is 11.1 Å². The summed E-state index contributed by atoms with van der Waals surface area (Å²) in [6, 6.07) is 8.31. The Balaban J connectivity index is 1.16. The number of nitrogens with one attached hydrogen (secondary N) is 2. The first-order valence-corrected chi connectivity index (χ1v) is 13.6. The van der Waals surface area contributed by atoms with Crippen molar-refractivity contribution >= 4 is 40.9 Å². The van der Waals surface area contributed by atoms with Crippen LogP contribution in [0.2, 0.25) is 0 Å². The molecule has 3 N–H and O–H groups in total. The zero-order chi connectivity index (χ0) is 28.2. The summed E-state index contributed by atoms with van der Waals surface area (Å²) in [5.41, 5.74) is 2.88. The van der Waals surface area contributed by atoms with Gasteiger partial charge < -0.3 is 15.3 Å². The summed E-state index contributed by atoms with van der Waals surface area (Å²) >= 11 is 0.849. The summed E-state index contributed by atoms with van der Waals surface area (Å²) in [4.78, 5) is 50.3. The molecule has 12 heteroatoms. The fourth-order valence-corrected chi connectivity index (χ4v) is 5.38. The van der Waals surface area contributed by atoms with E-state index in [1.165, 1.54) is 6.07 Å². The van der Waals surface area contributed by atoms with Crippen LogP contribution in [0.5, 0.6) is 0 Å². The first kappa shape index (κ1) is 27.4. The second-order valence-corrected chi connectivity index (χ2v) is 10.7. The number of carbonyl (C=O) groups is 3. The number of nitrogens with zero attached hydrogens (tertiary/aromatic N) is 4. The number of rotatable bonds is 8. The molecule has 40 heavy (non-hydrogen) atoms. The van der Waals surface area contributed by atoms with Gasteiger partial charge in [-0.1, -0.05) is 11.6 Å². The summed E-state index contributed by atoms with van der Waals surface area (Å²) in [6.45, 7) is 4.36. The van der Waals surface area contributed by atoms with Gasteiger partial charge in [-0.2, -0.15) is 0 Å². The molecule has 0 saturated carbocycles. The van der Waals surface area contributed by atoms with Gasteiger partial charge in [0.05, 0.1) is 28.1 Å². The third kappa shape index (κ3) is 6.35. The van der Waals surface area contributed by atoms with Crippen molar-refractivity contribution in [3.8, 4) is 11.3 Å².